The minimum absolute atomic E-state index is 0.0477. The maximum Gasteiger partial charge on any atom is 0.236 e. The van der Waals surface area contributed by atoms with Gasteiger partial charge in [-0.1, -0.05) is 48.0 Å². The number of sulfonamides is 1. The number of nitrogens with one attached hydrogen (secondary N) is 1. The number of aryl methyl sites for hydroxylation is 1. The summed E-state index contributed by atoms with van der Waals surface area (Å²) in [5.74, 6) is -0.217. The van der Waals surface area contributed by atoms with Crippen LogP contribution >= 0.6 is 0 Å². The first kappa shape index (κ1) is 19.3. The molecular weight excluding hydrogens is 360 g/mol. The first-order chi connectivity index (χ1) is 12.9. The number of amides is 1. The minimum Gasteiger partial charge on any atom is -0.326 e. The summed E-state index contributed by atoms with van der Waals surface area (Å²) >= 11 is 0. The van der Waals surface area contributed by atoms with Crippen molar-refractivity contribution in [1.82, 2.24) is 4.31 Å². The lowest BCUT2D eigenvalue weighted by Gasteiger charge is -2.29. The molecule has 2 aromatic carbocycles. The van der Waals surface area contributed by atoms with Gasteiger partial charge in [-0.3, -0.25) is 4.79 Å². The van der Waals surface area contributed by atoms with E-state index in [0.29, 0.717) is 25.9 Å². The lowest BCUT2D eigenvalue weighted by Crippen LogP contribution is -2.40. The fourth-order valence-electron chi connectivity index (χ4n) is 3.07. The number of rotatable bonds is 5. The molecule has 1 amide bonds. The Kier molecular flexibility index (Phi) is 6.08. The van der Waals surface area contributed by atoms with Gasteiger partial charge in [-0.2, -0.15) is 4.31 Å². The van der Waals surface area contributed by atoms with Crippen molar-refractivity contribution in [2.24, 2.45) is 5.92 Å². The van der Waals surface area contributed by atoms with Crippen molar-refractivity contribution in [3.05, 3.63) is 71.1 Å². The molecule has 0 bridgehead atoms. The molecule has 0 unspecified atom stereocenters. The molecule has 0 radical (unpaired) electrons. The molecule has 1 N–H and O–H groups in total. The van der Waals surface area contributed by atoms with Crippen LogP contribution in [-0.4, -0.2) is 31.7 Å². The predicted octanol–water partition coefficient (Wildman–Crippen LogP) is 3.65. The molecule has 2 aromatic rings. The Bertz CT molecular complexity index is 898. The van der Waals surface area contributed by atoms with Crippen LogP contribution in [0, 0.1) is 12.8 Å². The average Bonchev–Trinajstić information content (AvgIpc) is 2.68. The highest BCUT2D eigenvalue weighted by atomic mass is 32.2. The normalized spacial score (nSPS) is 16.5. The topological polar surface area (TPSA) is 66.5 Å². The lowest BCUT2D eigenvalue weighted by molar-refractivity contribution is -0.120. The van der Waals surface area contributed by atoms with Crippen LogP contribution in [0.4, 0.5) is 5.69 Å². The standard InChI is InChI=1S/C21H24N2O3S/c1-17-7-9-18(10-8-17)13-16-27(25,26)23-14-11-19(12-15-23)21(24)22-20-5-3-2-4-6-20/h2-10,13,16,19H,11-12,14-15H2,1H3,(H,22,24). The highest BCUT2D eigenvalue weighted by Gasteiger charge is 2.29. The first-order valence-corrected chi connectivity index (χ1v) is 10.6. The Labute approximate surface area is 160 Å². The number of hydrogen-bond acceptors (Lipinski definition) is 3. The van der Waals surface area contributed by atoms with E-state index in [1.165, 1.54) is 9.71 Å². The molecule has 142 valence electrons. The molecule has 0 aliphatic carbocycles. The van der Waals surface area contributed by atoms with E-state index >= 15 is 0 Å². The maximum atomic E-state index is 12.5. The molecule has 0 aromatic heterocycles. The molecule has 27 heavy (non-hydrogen) atoms. The Morgan fingerprint density at radius 2 is 1.67 bits per heavy atom. The van der Waals surface area contributed by atoms with Crippen LogP contribution in [0.15, 0.2) is 60.0 Å². The molecule has 1 heterocycles. The molecule has 1 saturated heterocycles. The second-order valence-electron chi connectivity index (χ2n) is 6.79. The summed E-state index contributed by atoms with van der Waals surface area (Å²) in [5.41, 5.74) is 2.74. The van der Waals surface area contributed by atoms with Crippen molar-refractivity contribution in [1.29, 1.82) is 0 Å². The summed E-state index contributed by atoms with van der Waals surface area (Å²) < 4.78 is 26.5. The fourth-order valence-corrected chi connectivity index (χ4v) is 4.29. The number of benzene rings is 2. The summed E-state index contributed by atoms with van der Waals surface area (Å²) in [6.07, 6.45) is 2.66. The Hall–Kier alpha value is -2.44. The predicted molar refractivity (Wildman–Crippen MR) is 109 cm³/mol. The lowest BCUT2D eigenvalue weighted by atomic mass is 9.97. The van der Waals surface area contributed by atoms with Crippen molar-refractivity contribution in [3.8, 4) is 0 Å². The van der Waals surface area contributed by atoms with Gasteiger partial charge in [-0.05, 0) is 43.5 Å². The van der Waals surface area contributed by atoms with Crippen LogP contribution < -0.4 is 5.32 Å². The van der Waals surface area contributed by atoms with Gasteiger partial charge < -0.3 is 5.32 Å². The molecule has 5 nitrogen and oxygen atoms in total. The number of carbonyl (C=O) groups excluding carboxylic acids is 1. The molecule has 0 spiro atoms. The van der Waals surface area contributed by atoms with Gasteiger partial charge in [0.1, 0.15) is 0 Å². The zero-order valence-corrected chi connectivity index (χ0v) is 16.2. The number of para-hydroxylation sites is 1. The Balaban J connectivity index is 1.56. The van der Waals surface area contributed by atoms with Gasteiger partial charge in [0.25, 0.3) is 0 Å². The van der Waals surface area contributed by atoms with E-state index in [1.807, 2.05) is 61.5 Å². The monoisotopic (exact) mass is 384 g/mol. The van der Waals surface area contributed by atoms with Crippen molar-refractivity contribution >= 4 is 27.7 Å². The second kappa shape index (κ2) is 8.50. The van der Waals surface area contributed by atoms with E-state index in [0.717, 1.165) is 16.8 Å². The molecule has 0 atom stereocenters. The van der Waals surface area contributed by atoms with Crippen molar-refractivity contribution in [2.75, 3.05) is 18.4 Å². The molecular formula is C21H24N2O3S. The molecule has 1 aliphatic heterocycles. The number of anilines is 1. The van der Waals surface area contributed by atoms with Gasteiger partial charge in [0.15, 0.2) is 0 Å². The molecule has 0 saturated carbocycles. The summed E-state index contributed by atoms with van der Waals surface area (Å²) in [5, 5.41) is 4.15. The Morgan fingerprint density at radius 1 is 1.04 bits per heavy atom. The van der Waals surface area contributed by atoms with E-state index in [-0.39, 0.29) is 11.8 Å². The van der Waals surface area contributed by atoms with Crippen LogP contribution in [0.5, 0.6) is 0 Å². The van der Waals surface area contributed by atoms with Gasteiger partial charge in [0, 0.05) is 30.1 Å². The molecule has 3 rings (SSSR count). The van der Waals surface area contributed by atoms with Crippen molar-refractivity contribution in [3.63, 3.8) is 0 Å². The van der Waals surface area contributed by atoms with E-state index in [2.05, 4.69) is 5.32 Å². The van der Waals surface area contributed by atoms with Gasteiger partial charge in [0.2, 0.25) is 15.9 Å². The number of carbonyl (C=O) groups is 1. The van der Waals surface area contributed by atoms with Gasteiger partial charge in [-0.15, -0.1) is 0 Å². The quantitative estimate of drug-likeness (QED) is 0.856. The third-order valence-corrected chi connectivity index (χ3v) is 6.30. The zero-order valence-electron chi connectivity index (χ0n) is 15.3. The minimum atomic E-state index is -3.48. The second-order valence-corrected chi connectivity index (χ2v) is 8.61. The fraction of sp³-hybridized carbons (Fsp3) is 0.286. The van der Waals surface area contributed by atoms with Gasteiger partial charge in [-0.25, -0.2) is 8.42 Å². The van der Waals surface area contributed by atoms with Crippen LogP contribution in [-0.2, 0) is 14.8 Å². The first-order valence-electron chi connectivity index (χ1n) is 9.05. The largest absolute Gasteiger partial charge is 0.326 e. The smallest absolute Gasteiger partial charge is 0.236 e. The summed E-state index contributed by atoms with van der Waals surface area (Å²) in [6, 6.07) is 17.0. The average molecular weight is 385 g/mol. The number of piperidine rings is 1. The molecule has 6 heteroatoms. The molecule has 1 aliphatic rings. The molecule has 1 fully saturated rings. The maximum absolute atomic E-state index is 12.5. The third-order valence-electron chi connectivity index (χ3n) is 4.74. The van der Waals surface area contributed by atoms with Crippen LogP contribution in [0.25, 0.3) is 6.08 Å². The Morgan fingerprint density at radius 3 is 2.30 bits per heavy atom. The number of nitrogens with zero attached hydrogens (tertiary/aromatic N) is 1. The van der Waals surface area contributed by atoms with Gasteiger partial charge in [0.05, 0.1) is 0 Å². The number of hydrogen-bond donors (Lipinski definition) is 1. The van der Waals surface area contributed by atoms with Crippen molar-refractivity contribution in [2.45, 2.75) is 19.8 Å². The van der Waals surface area contributed by atoms with Crippen molar-refractivity contribution < 1.29 is 13.2 Å². The summed E-state index contributed by atoms with van der Waals surface area (Å²) in [4.78, 5) is 12.4. The van der Waals surface area contributed by atoms with Crippen LogP contribution in [0.1, 0.15) is 24.0 Å². The van der Waals surface area contributed by atoms with E-state index in [9.17, 15) is 13.2 Å². The highest BCUT2D eigenvalue weighted by molar-refractivity contribution is 7.92. The highest BCUT2D eigenvalue weighted by Crippen LogP contribution is 2.22. The van der Waals surface area contributed by atoms with E-state index < -0.39 is 10.0 Å². The SMILES string of the molecule is Cc1ccc(C=CS(=O)(=O)N2CCC(C(=O)Nc3ccccc3)CC2)cc1. The van der Waals surface area contributed by atoms with Crippen LogP contribution in [0.3, 0.4) is 0 Å². The summed E-state index contributed by atoms with van der Waals surface area (Å²) in [7, 11) is -3.48. The van der Waals surface area contributed by atoms with Crippen LogP contribution in [0.2, 0.25) is 0 Å². The zero-order chi connectivity index (χ0) is 19.3. The summed E-state index contributed by atoms with van der Waals surface area (Å²) in [6.45, 7) is 2.70. The van der Waals surface area contributed by atoms with E-state index in [1.54, 1.807) is 6.08 Å². The van der Waals surface area contributed by atoms with Gasteiger partial charge >= 0.3 is 0 Å². The van der Waals surface area contributed by atoms with E-state index in [4.69, 9.17) is 0 Å². The third kappa shape index (κ3) is 5.28.